The van der Waals surface area contributed by atoms with Crippen LogP contribution in [-0.4, -0.2) is 55.4 Å². The molecule has 1 aliphatic heterocycles. The maximum absolute atomic E-state index is 11.4. The topological polar surface area (TPSA) is 76.5 Å². The number of imidazole rings is 1. The lowest BCUT2D eigenvalue weighted by molar-refractivity contribution is 0.129. The summed E-state index contributed by atoms with van der Waals surface area (Å²) in [5, 5.41) is 0. The van der Waals surface area contributed by atoms with Crippen molar-refractivity contribution in [2.75, 3.05) is 26.5 Å². The number of fused-ring (bicyclic) bond motifs is 1. The quantitative estimate of drug-likeness (QED) is 0.579. The van der Waals surface area contributed by atoms with E-state index in [9.17, 15) is 8.42 Å². The Kier molecular flexibility index (Phi) is 6.60. The summed E-state index contributed by atoms with van der Waals surface area (Å²) in [4.78, 5) is 7.41. The Bertz CT molecular complexity index is 1130. The molecule has 0 radical (unpaired) electrons. The molecule has 0 aliphatic carbocycles. The Balaban J connectivity index is 1.62. The predicted octanol–water partition coefficient (Wildman–Crippen LogP) is 3.33. The number of rotatable bonds is 8. The molecular formula is C23H30N4O3S. The van der Waals surface area contributed by atoms with Gasteiger partial charge in [-0.2, -0.15) is 0 Å². The Morgan fingerprint density at radius 1 is 1.13 bits per heavy atom. The number of aromatic nitrogens is 2. The molecular weight excluding hydrogens is 412 g/mol. The third-order valence-electron chi connectivity index (χ3n) is 5.90. The minimum atomic E-state index is -3.16. The summed E-state index contributed by atoms with van der Waals surface area (Å²) in [5.74, 6) is 1.82. The zero-order valence-corrected chi connectivity index (χ0v) is 18.9. The minimum absolute atomic E-state index is 0.340. The number of hydrogen-bond acceptors (Lipinski definition) is 5. The molecule has 3 aromatic rings. The lowest BCUT2D eigenvalue weighted by Gasteiger charge is -2.35. The summed E-state index contributed by atoms with van der Waals surface area (Å²) in [7, 11) is -1.49. The van der Waals surface area contributed by atoms with E-state index in [1.54, 1.807) is 7.11 Å². The molecule has 0 amide bonds. The molecule has 1 aliphatic rings. The van der Waals surface area contributed by atoms with E-state index in [1.165, 1.54) is 12.7 Å². The fourth-order valence-electron chi connectivity index (χ4n) is 4.39. The van der Waals surface area contributed by atoms with Gasteiger partial charge in [0, 0.05) is 18.3 Å². The molecule has 8 heteroatoms. The Morgan fingerprint density at radius 3 is 2.65 bits per heavy atom. The standard InChI is InChI=1S/C23H30N4O3S/c1-30-20-12-10-19(11-13-20)27-22-9-4-3-8-21(22)25-23(27)17-26-16-6-5-7-18(26)14-15-24-31(2,28)29/h3-4,8-13,18,24H,5-7,14-17H2,1-2H3. The first kappa shape index (κ1) is 21.8. The lowest BCUT2D eigenvalue weighted by atomic mass is 9.99. The first-order chi connectivity index (χ1) is 14.9. The van der Waals surface area contributed by atoms with Gasteiger partial charge in [-0.1, -0.05) is 18.6 Å². The number of methoxy groups -OCH3 is 1. The van der Waals surface area contributed by atoms with Gasteiger partial charge in [-0.15, -0.1) is 0 Å². The summed E-state index contributed by atoms with van der Waals surface area (Å²) >= 11 is 0. The van der Waals surface area contributed by atoms with Gasteiger partial charge in [-0.05, 0) is 62.2 Å². The van der Waals surface area contributed by atoms with E-state index >= 15 is 0 Å². The highest BCUT2D eigenvalue weighted by Crippen LogP contribution is 2.27. The average molecular weight is 443 g/mol. The van der Waals surface area contributed by atoms with Gasteiger partial charge >= 0.3 is 0 Å². The van der Waals surface area contributed by atoms with Crippen molar-refractivity contribution in [1.29, 1.82) is 0 Å². The van der Waals surface area contributed by atoms with Gasteiger partial charge in [0.1, 0.15) is 11.6 Å². The van der Waals surface area contributed by atoms with Crippen LogP contribution in [0.15, 0.2) is 48.5 Å². The Morgan fingerprint density at radius 2 is 1.90 bits per heavy atom. The lowest BCUT2D eigenvalue weighted by Crippen LogP contribution is -2.41. The number of para-hydroxylation sites is 2. The maximum Gasteiger partial charge on any atom is 0.208 e. The summed E-state index contributed by atoms with van der Waals surface area (Å²) < 4.78 is 33.1. The van der Waals surface area contributed by atoms with Crippen molar-refractivity contribution in [3.8, 4) is 11.4 Å². The van der Waals surface area contributed by atoms with Crippen LogP contribution in [0.1, 0.15) is 31.5 Å². The van der Waals surface area contributed by atoms with Crippen LogP contribution in [0.25, 0.3) is 16.7 Å². The highest BCUT2D eigenvalue weighted by molar-refractivity contribution is 7.88. The van der Waals surface area contributed by atoms with E-state index < -0.39 is 10.0 Å². The third-order valence-corrected chi connectivity index (χ3v) is 6.62. The van der Waals surface area contributed by atoms with Crippen LogP contribution in [0.4, 0.5) is 0 Å². The number of nitrogens with one attached hydrogen (secondary N) is 1. The number of nitrogens with zero attached hydrogens (tertiary/aromatic N) is 3. The largest absolute Gasteiger partial charge is 0.497 e. The average Bonchev–Trinajstić information content (AvgIpc) is 3.12. The van der Waals surface area contributed by atoms with E-state index in [4.69, 9.17) is 9.72 Å². The van der Waals surface area contributed by atoms with Gasteiger partial charge in [0.05, 0.1) is 30.9 Å². The molecule has 31 heavy (non-hydrogen) atoms. The van der Waals surface area contributed by atoms with Gasteiger partial charge in [-0.25, -0.2) is 18.1 Å². The first-order valence-corrected chi connectivity index (χ1v) is 12.6. The molecule has 4 rings (SSSR count). The van der Waals surface area contributed by atoms with Crippen LogP contribution < -0.4 is 9.46 Å². The fraction of sp³-hybridized carbons (Fsp3) is 0.435. The highest BCUT2D eigenvalue weighted by Gasteiger charge is 2.25. The summed E-state index contributed by atoms with van der Waals surface area (Å²) in [6, 6.07) is 16.6. The molecule has 1 fully saturated rings. The second kappa shape index (κ2) is 9.38. The predicted molar refractivity (Wildman–Crippen MR) is 123 cm³/mol. The second-order valence-electron chi connectivity index (χ2n) is 8.13. The summed E-state index contributed by atoms with van der Waals surface area (Å²) in [6.45, 7) is 2.19. The monoisotopic (exact) mass is 442 g/mol. The van der Waals surface area contributed by atoms with Crippen molar-refractivity contribution in [3.63, 3.8) is 0 Å². The van der Waals surface area contributed by atoms with E-state index in [1.807, 2.05) is 30.3 Å². The van der Waals surface area contributed by atoms with Crippen LogP contribution in [0.5, 0.6) is 5.75 Å². The number of piperidine rings is 1. The van der Waals surface area contributed by atoms with Crippen molar-refractivity contribution in [1.82, 2.24) is 19.2 Å². The zero-order valence-electron chi connectivity index (χ0n) is 18.1. The van der Waals surface area contributed by atoms with E-state index in [0.29, 0.717) is 12.6 Å². The van der Waals surface area contributed by atoms with Crippen molar-refractivity contribution in [3.05, 3.63) is 54.4 Å². The fourth-order valence-corrected chi connectivity index (χ4v) is 4.88. The normalized spacial score (nSPS) is 17.8. The molecule has 2 aromatic carbocycles. The molecule has 1 saturated heterocycles. The molecule has 0 saturated carbocycles. The van der Waals surface area contributed by atoms with Gasteiger partial charge in [0.15, 0.2) is 0 Å². The number of benzene rings is 2. The van der Waals surface area contributed by atoms with Crippen LogP contribution in [0.3, 0.4) is 0 Å². The van der Waals surface area contributed by atoms with Crippen molar-refractivity contribution >= 4 is 21.1 Å². The molecule has 7 nitrogen and oxygen atoms in total. The zero-order chi connectivity index (χ0) is 21.8. The van der Waals surface area contributed by atoms with Gasteiger partial charge < -0.3 is 4.74 Å². The van der Waals surface area contributed by atoms with Crippen molar-refractivity contribution in [2.45, 2.75) is 38.3 Å². The van der Waals surface area contributed by atoms with Crippen LogP contribution in [0.2, 0.25) is 0 Å². The minimum Gasteiger partial charge on any atom is -0.497 e. The molecule has 166 valence electrons. The van der Waals surface area contributed by atoms with Gasteiger partial charge in [0.2, 0.25) is 10.0 Å². The van der Waals surface area contributed by atoms with Gasteiger partial charge in [0.25, 0.3) is 0 Å². The molecule has 1 N–H and O–H groups in total. The summed E-state index contributed by atoms with van der Waals surface area (Å²) in [5.41, 5.74) is 3.10. The van der Waals surface area contributed by atoms with Gasteiger partial charge in [-0.3, -0.25) is 9.47 Å². The first-order valence-electron chi connectivity index (χ1n) is 10.7. The molecule has 1 unspecified atom stereocenters. The van der Waals surface area contributed by atoms with Crippen molar-refractivity contribution < 1.29 is 13.2 Å². The van der Waals surface area contributed by atoms with Crippen molar-refractivity contribution in [2.24, 2.45) is 0 Å². The summed E-state index contributed by atoms with van der Waals surface area (Å²) in [6.07, 6.45) is 5.42. The van der Waals surface area contributed by atoms with E-state index in [2.05, 4.69) is 32.4 Å². The number of ether oxygens (including phenoxy) is 1. The SMILES string of the molecule is COc1ccc(-n2c(CN3CCCCC3CCNS(C)(=O)=O)nc3ccccc32)cc1. The van der Waals surface area contributed by atoms with E-state index in [0.717, 1.165) is 60.6 Å². The number of sulfonamides is 1. The molecule has 0 bridgehead atoms. The smallest absolute Gasteiger partial charge is 0.208 e. The van der Waals surface area contributed by atoms with E-state index in [-0.39, 0.29) is 0 Å². The van der Waals surface area contributed by atoms with Crippen LogP contribution in [-0.2, 0) is 16.6 Å². The molecule has 1 aromatic heterocycles. The number of hydrogen-bond donors (Lipinski definition) is 1. The number of likely N-dealkylation sites (tertiary alicyclic amines) is 1. The maximum atomic E-state index is 11.4. The Labute approximate surface area is 184 Å². The highest BCUT2D eigenvalue weighted by atomic mass is 32.2. The molecule has 0 spiro atoms. The van der Waals surface area contributed by atoms with Crippen LogP contribution in [0, 0.1) is 0 Å². The van der Waals surface area contributed by atoms with Crippen LogP contribution >= 0.6 is 0 Å². The molecule has 2 heterocycles. The second-order valence-corrected chi connectivity index (χ2v) is 9.96. The third kappa shape index (κ3) is 5.26. The molecule has 1 atom stereocenters. The Hall–Kier alpha value is -2.42.